The van der Waals surface area contributed by atoms with Gasteiger partial charge in [0.25, 0.3) is 0 Å². The molecule has 5 heteroatoms. The van der Waals surface area contributed by atoms with Crippen molar-refractivity contribution in [2.24, 2.45) is 0 Å². The fraction of sp³-hybridized carbons (Fsp3) is 0.200. The Hall–Kier alpha value is -2.56. The van der Waals surface area contributed by atoms with Gasteiger partial charge in [0, 0.05) is 23.6 Å². The SMILES string of the molecule is O=Cc1cnc(C2CCC(=O)NC2=O)c2ccccc12. The molecule has 1 N–H and O–H groups in total. The molecule has 0 aliphatic carbocycles. The number of imide groups is 1. The first-order chi connectivity index (χ1) is 9.70. The number of aldehydes is 1. The number of carbonyl (C=O) groups is 3. The zero-order valence-corrected chi connectivity index (χ0v) is 10.6. The Kier molecular flexibility index (Phi) is 3.02. The largest absolute Gasteiger partial charge is 0.298 e. The van der Waals surface area contributed by atoms with Gasteiger partial charge in [-0.2, -0.15) is 0 Å². The van der Waals surface area contributed by atoms with E-state index in [0.29, 0.717) is 24.1 Å². The van der Waals surface area contributed by atoms with Crippen LogP contribution in [0.3, 0.4) is 0 Å². The van der Waals surface area contributed by atoms with Crippen molar-refractivity contribution >= 4 is 28.9 Å². The Morgan fingerprint density at radius 2 is 1.95 bits per heavy atom. The van der Waals surface area contributed by atoms with Gasteiger partial charge in [-0.3, -0.25) is 24.7 Å². The van der Waals surface area contributed by atoms with Crippen LogP contribution in [0.2, 0.25) is 0 Å². The molecular formula is C15H12N2O3. The number of piperidine rings is 1. The zero-order valence-electron chi connectivity index (χ0n) is 10.6. The summed E-state index contributed by atoms with van der Waals surface area (Å²) in [5.74, 6) is -1.02. The highest BCUT2D eigenvalue weighted by atomic mass is 16.2. The average Bonchev–Trinajstić information content (AvgIpc) is 2.47. The van der Waals surface area contributed by atoms with Crippen LogP contribution in [0.15, 0.2) is 30.5 Å². The van der Waals surface area contributed by atoms with Crippen molar-refractivity contribution in [2.75, 3.05) is 0 Å². The number of amides is 2. The summed E-state index contributed by atoms with van der Waals surface area (Å²) in [4.78, 5) is 38.5. The highest BCUT2D eigenvalue weighted by Crippen LogP contribution is 2.30. The van der Waals surface area contributed by atoms with Gasteiger partial charge in [0.2, 0.25) is 11.8 Å². The van der Waals surface area contributed by atoms with Crippen LogP contribution in [0.5, 0.6) is 0 Å². The van der Waals surface area contributed by atoms with Crippen molar-refractivity contribution in [2.45, 2.75) is 18.8 Å². The van der Waals surface area contributed by atoms with Crippen molar-refractivity contribution in [1.29, 1.82) is 0 Å². The second-order valence-electron chi connectivity index (χ2n) is 4.77. The molecule has 5 nitrogen and oxygen atoms in total. The predicted molar refractivity (Wildman–Crippen MR) is 72.3 cm³/mol. The molecule has 0 radical (unpaired) electrons. The second-order valence-corrected chi connectivity index (χ2v) is 4.77. The minimum absolute atomic E-state index is 0.250. The van der Waals surface area contributed by atoms with Crippen LogP contribution in [-0.4, -0.2) is 23.1 Å². The second kappa shape index (κ2) is 4.85. The first kappa shape index (κ1) is 12.5. The molecule has 0 spiro atoms. The minimum Gasteiger partial charge on any atom is -0.298 e. The molecule has 0 bridgehead atoms. The highest BCUT2D eigenvalue weighted by molar-refractivity contribution is 6.04. The molecule has 20 heavy (non-hydrogen) atoms. The number of pyridine rings is 1. The van der Waals surface area contributed by atoms with Gasteiger partial charge in [-0.1, -0.05) is 24.3 Å². The molecule has 1 aliphatic heterocycles. The molecule has 1 unspecified atom stereocenters. The summed E-state index contributed by atoms with van der Waals surface area (Å²) in [5.41, 5.74) is 1.12. The Labute approximate surface area is 115 Å². The lowest BCUT2D eigenvalue weighted by Gasteiger charge is -2.21. The molecule has 1 aliphatic rings. The van der Waals surface area contributed by atoms with Crippen molar-refractivity contribution in [3.8, 4) is 0 Å². The topological polar surface area (TPSA) is 76.1 Å². The summed E-state index contributed by atoms with van der Waals surface area (Å²) in [5, 5.41) is 3.89. The van der Waals surface area contributed by atoms with Crippen molar-refractivity contribution in [3.05, 3.63) is 41.7 Å². The van der Waals surface area contributed by atoms with Crippen molar-refractivity contribution in [3.63, 3.8) is 0 Å². The first-order valence-electron chi connectivity index (χ1n) is 6.37. The maximum absolute atomic E-state index is 12.0. The number of carbonyl (C=O) groups excluding carboxylic acids is 3. The number of hydrogen-bond donors (Lipinski definition) is 1. The zero-order chi connectivity index (χ0) is 14.1. The molecule has 2 aromatic rings. The fourth-order valence-electron chi connectivity index (χ4n) is 2.56. The summed E-state index contributed by atoms with van der Waals surface area (Å²) in [6, 6.07) is 7.35. The van der Waals surface area contributed by atoms with E-state index in [-0.39, 0.29) is 11.8 Å². The van der Waals surface area contributed by atoms with Crippen molar-refractivity contribution < 1.29 is 14.4 Å². The van der Waals surface area contributed by atoms with E-state index < -0.39 is 5.92 Å². The van der Waals surface area contributed by atoms with Crippen LogP contribution in [0, 0.1) is 0 Å². The van der Waals surface area contributed by atoms with Gasteiger partial charge < -0.3 is 0 Å². The summed E-state index contributed by atoms with van der Waals surface area (Å²) >= 11 is 0. The number of rotatable bonds is 2. The van der Waals surface area contributed by atoms with Gasteiger partial charge >= 0.3 is 0 Å². The number of benzene rings is 1. The number of fused-ring (bicyclic) bond motifs is 1. The van der Waals surface area contributed by atoms with E-state index in [1.54, 1.807) is 0 Å². The number of hydrogen-bond acceptors (Lipinski definition) is 4. The quantitative estimate of drug-likeness (QED) is 0.662. The van der Waals surface area contributed by atoms with Gasteiger partial charge in [-0.25, -0.2) is 0 Å². The molecule has 1 saturated heterocycles. The van der Waals surface area contributed by atoms with E-state index in [4.69, 9.17) is 0 Å². The van der Waals surface area contributed by atoms with Crippen molar-refractivity contribution in [1.82, 2.24) is 10.3 Å². The molecular weight excluding hydrogens is 256 g/mol. The third-order valence-corrected chi connectivity index (χ3v) is 3.55. The van der Waals surface area contributed by atoms with Gasteiger partial charge in [-0.15, -0.1) is 0 Å². The number of nitrogens with zero attached hydrogens (tertiary/aromatic N) is 1. The average molecular weight is 268 g/mol. The van der Waals surface area contributed by atoms with Crippen LogP contribution in [0.4, 0.5) is 0 Å². The Morgan fingerprint density at radius 1 is 1.20 bits per heavy atom. The molecule has 100 valence electrons. The third kappa shape index (κ3) is 1.97. The molecule has 1 aromatic heterocycles. The van der Waals surface area contributed by atoms with E-state index in [2.05, 4.69) is 10.3 Å². The van der Waals surface area contributed by atoms with Crippen LogP contribution in [0.25, 0.3) is 10.8 Å². The maximum Gasteiger partial charge on any atom is 0.235 e. The molecule has 2 amide bonds. The van der Waals surface area contributed by atoms with Gasteiger partial charge in [0.1, 0.15) is 0 Å². The summed E-state index contributed by atoms with van der Waals surface area (Å²) in [6.45, 7) is 0. The fourth-order valence-corrected chi connectivity index (χ4v) is 2.56. The summed E-state index contributed by atoms with van der Waals surface area (Å²) < 4.78 is 0. The predicted octanol–water partition coefficient (Wildman–Crippen LogP) is 1.57. The lowest BCUT2D eigenvalue weighted by Crippen LogP contribution is -2.39. The summed E-state index contributed by atoms with van der Waals surface area (Å²) in [7, 11) is 0. The molecule has 1 atom stereocenters. The van der Waals surface area contributed by atoms with Gasteiger partial charge in [0.05, 0.1) is 11.6 Å². The standard InChI is InChI=1S/C15H12N2O3/c18-8-9-7-16-14(11-4-2-1-3-10(9)11)12-5-6-13(19)17-15(12)20/h1-4,7-8,12H,5-6H2,(H,17,19,20). The van der Waals surface area contributed by atoms with Crippen LogP contribution >= 0.6 is 0 Å². The smallest absolute Gasteiger partial charge is 0.235 e. The Bertz CT molecular complexity index is 724. The van der Waals surface area contributed by atoms with Crippen LogP contribution in [-0.2, 0) is 9.59 Å². The normalized spacial score (nSPS) is 18.9. The lowest BCUT2D eigenvalue weighted by molar-refractivity contribution is -0.134. The van der Waals surface area contributed by atoms with E-state index >= 15 is 0 Å². The van der Waals surface area contributed by atoms with Gasteiger partial charge in [0.15, 0.2) is 6.29 Å². The third-order valence-electron chi connectivity index (χ3n) is 3.55. The highest BCUT2D eigenvalue weighted by Gasteiger charge is 2.30. The number of nitrogens with one attached hydrogen (secondary N) is 1. The lowest BCUT2D eigenvalue weighted by atomic mass is 9.90. The van der Waals surface area contributed by atoms with Crippen LogP contribution in [0.1, 0.15) is 34.8 Å². The Balaban J connectivity index is 2.15. The number of aromatic nitrogens is 1. The van der Waals surface area contributed by atoms with Crippen LogP contribution < -0.4 is 5.32 Å². The van der Waals surface area contributed by atoms with Gasteiger partial charge in [-0.05, 0) is 11.8 Å². The molecule has 1 fully saturated rings. The first-order valence-corrected chi connectivity index (χ1v) is 6.37. The molecule has 1 aromatic carbocycles. The molecule has 0 saturated carbocycles. The minimum atomic E-state index is -0.446. The maximum atomic E-state index is 12.0. The van der Waals surface area contributed by atoms with E-state index in [0.717, 1.165) is 17.1 Å². The Morgan fingerprint density at radius 3 is 2.65 bits per heavy atom. The van der Waals surface area contributed by atoms with E-state index in [9.17, 15) is 14.4 Å². The van der Waals surface area contributed by atoms with E-state index in [1.807, 2.05) is 24.3 Å². The van der Waals surface area contributed by atoms with E-state index in [1.165, 1.54) is 6.20 Å². The summed E-state index contributed by atoms with van der Waals surface area (Å²) in [6.07, 6.45) is 2.99. The molecule has 3 rings (SSSR count). The monoisotopic (exact) mass is 268 g/mol. The molecule has 2 heterocycles.